The molecule has 0 N–H and O–H groups in total. The van der Waals surface area contributed by atoms with Gasteiger partial charge in [-0.1, -0.05) is 26.7 Å². The zero-order valence-corrected chi connectivity index (χ0v) is 10.3. The molecule has 15 heavy (non-hydrogen) atoms. The Labute approximate surface area is 94.0 Å². The van der Waals surface area contributed by atoms with E-state index in [0.29, 0.717) is 11.8 Å². The van der Waals surface area contributed by atoms with E-state index in [-0.39, 0.29) is 0 Å². The van der Waals surface area contributed by atoms with Gasteiger partial charge in [-0.05, 0) is 31.6 Å². The molecule has 1 aliphatic rings. The fraction of sp³-hybridized carbons (Fsp3) is 0.923. The maximum Gasteiger partial charge on any atom is 0.222 e. The summed E-state index contributed by atoms with van der Waals surface area (Å²) in [4.78, 5) is 14.1. The Kier molecular flexibility index (Phi) is 5.74. The van der Waals surface area contributed by atoms with Crippen LogP contribution in [0.3, 0.4) is 0 Å². The van der Waals surface area contributed by atoms with E-state index in [0.717, 1.165) is 32.4 Å². The van der Waals surface area contributed by atoms with Crippen LogP contribution in [0.1, 0.15) is 58.8 Å². The van der Waals surface area contributed by atoms with Crippen LogP contribution >= 0.6 is 0 Å². The van der Waals surface area contributed by atoms with Crippen LogP contribution in [0.25, 0.3) is 0 Å². The lowest BCUT2D eigenvalue weighted by Crippen LogP contribution is -2.33. The van der Waals surface area contributed by atoms with Crippen LogP contribution in [0.4, 0.5) is 0 Å². The summed E-state index contributed by atoms with van der Waals surface area (Å²) in [5, 5.41) is 0. The first-order chi connectivity index (χ1) is 7.27. The molecule has 88 valence electrons. The lowest BCUT2D eigenvalue weighted by Gasteiger charge is -2.23. The van der Waals surface area contributed by atoms with Crippen LogP contribution in [-0.2, 0) is 4.79 Å². The molecule has 0 bridgehead atoms. The van der Waals surface area contributed by atoms with Crippen LogP contribution in [-0.4, -0.2) is 23.9 Å². The van der Waals surface area contributed by atoms with Crippen molar-refractivity contribution in [3.05, 3.63) is 0 Å². The number of nitrogens with zero attached hydrogens (tertiary/aromatic N) is 1. The molecule has 0 aromatic heterocycles. The van der Waals surface area contributed by atoms with Crippen molar-refractivity contribution in [3.63, 3.8) is 0 Å². The molecular weight excluding hydrogens is 186 g/mol. The fourth-order valence-electron chi connectivity index (χ4n) is 2.49. The Morgan fingerprint density at radius 1 is 1.13 bits per heavy atom. The molecule has 0 heterocycles. The number of rotatable bonds is 6. The van der Waals surface area contributed by atoms with Crippen molar-refractivity contribution in [1.82, 2.24) is 4.90 Å². The van der Waals surface area contributed by atoms with Crippen molar-refractivity contribution >= 4 is 5.91 Å². The van der Waals surface area contributed by atoms with Gasteiger partial charge in [-0.25, -0.2) is 0 Å². The van der Waals surface area contributed by atoms with Gasteiger partial charge >= 0.3 is 0 Å². The molecule has 1 aliphatic carbocycles. The zero-order chi connectivity index (χ0) is 11.1. The molecule has 0 radical (unpaired) electrons. The summed E-state index contributed by atoms with van der Waals surface area (Å²) in [7, 11) is 0. The van der Waals surface area contributed by atoms with Gasteiger partial charge in [0, 0.05) is 19.5 Å². The highest BCUT2D eigenvalue weighted by atomic mass is 16.2. The summed E-state index contributed by atoms with van der Waals surface area (Å²) in [6, 6.07) is 0. The lowest BCUT2D eigenvalue weighted by atomic mass is 10.0. The maximum atomic E-state index is 12.0. The minimum Gasteiger partial charge on any atom is -0.343 e. The van der Waals surface area contributed by atoms with E-state index in [1.807, 2.05) is 0 Å². The van der Waals surface area contributed by atoms with E-state index >= 15 is 0 Å². The first kappa shape index (κ1) is 12.5. The van der Waals surface area contributed by atoms with E-state index in [1.165, 1.54) is 25.7 Å². The van der Waals surface area contributed by atoms with E-state index in [9.17, 15) is 4.79 Å². The van der Waals surface area contributed by atoms with E-state index in [4.69, 9.17) is 0 Å². The molecule has 0 saturated heterocycles. The molecule has 0 aromatic carbocycles. The van der Waals surface area contributed by atoms with Crippen molar-refractivity contribution in [1.29, 1.82) is 0 Å². The molecule has 1 fully saturated rings. The monoisotopic (exact) mass is 211 g/mol. The molecule has 0 aliphatic heterocycles. The first-order valence-corrected chi connectivity index (χ1v) is 6.55. The average molecular weight is 211 g/mol. The van der Waals surface area contributed by atoms with Crippen molar-refractivity contribution in [2.75, 3.05) is 13.1 Å². The normalized spacial score (nSPS) is 16.9. The number of hydrogen-bond acceptors (Lipinski definition) is 1. The van der Waals surface area contributed by atoms with Crippen molar-refractivity contribution in [3.8, 4) is 0 Å². The van der Waals surface area contributed by atoms with Gasteiger partial charge in [-0.15, -0.1) is 0 Å². The summed E-state index contributed by atoms with van der Waals surface area (Å²) in [6.07, 6.45) is 8.18. The predicted octanol–water partition coefficient (Wildman–Crippen LogP) is 3.22. The fourth-order valence-corrected chi connectivity index (χ4v) is 2.49. The first-order valence-electron chi connectivity index (χ1n) is 6.55. The standard InChI is InChI=1S/C13H25NO/c1-3-9-14(10-4-2)13(15)11-12-7-5-6-8-12/h12H,3-11H2,1-2H3. The van der Waals surface area contributed by atoms with E-state index < -0.39 is 0 Å². The molecule has 0 spiro atoms. The van der Waals surface area contributed by atoms with Gasteiger partial charge in [-0.2, -0.15) is 0 Å². The number of carbonyl (C=O) groups excluding carboxylic acids is 1. The molecule has 1 rings (SSSR count). The molecule has 1 saturated carbocycles. The summed E-state index contributed by atoms with van der Waals surface area (Å²) in [5.41, 5.74) is 0. The maximum absolute atomic E-state index is 12.0. The van der Waals surface area contributed by atoms with Gasteiger partial charge in [0.25, 0.3) is 0 Å². The van der Waals surface area contributed by atoms with Gasteiger partial charge in [0.05, 0.1) is 0 Å². The summed E-state index contributed by atoms with van der Waals surface area (Å²) in [6.45, 7) is 6.18. The third kappa shape index (κ3) is 4.23. The molecule has 2 nitrogen and oxygen atoms in total. The SMILES string of the molecule is CCCN(CCC)C(=O)CC1CCCC1. The summed E-state index contributed by atoms with van der Waals surface area (Å²) >= 11 is 0. The van der Waals surface area contributed by atoms with Crippen molar-refractivity contribution in [2.45, 2.75) is 58.8 Å². The van der Waals surface area contributed by atoms with E-state index in [2.05, 4.69) is 18.7 Å². The molecule has 1 amide bonds. The van der Waals surface area contributed by atoms with Gasteiger partial charge < -0.3 is 4.90 Å². The second-order valence-electron chi connectivity index (χ2n) is 4.74. The van der Waals surface area contributed by atoms with Crippen molar-refractivity contribution in [2.24, 2.45) is 5.92 Å². The van der Waals surface area contributed by atoms with Crippen LogP contribution in [0.5, 0.6) is 0 Å². The highest BCUT2D eigenvalue weighted by Gasteiger charge is 2.21. The molecular formula is C13H25NO. The Bertz CT molecular complexity index is 179. The van der Waals surface area contributed by atoms with Gasteiger partial charge in [0.15, 0.2) is 0 Å². The quantitative estimate of drug-likeness (QED) is 0.660. The second kappa shape index (κ2) is 6.86. The van der Waals surface area contributed by atoms with Crippen LogP contribution in [0.15, 0.2) is 0 Å². The molecule has 0 aromatic rings. The summed E-state index contributed by atoms with van der Waals surface area (Å²) < 4.78 is 0. The van der Waals surface area contributed by atoms with Gasteiger partial charge in [-0.3, -0.25) is 4.79 Å². The Hall–Kier alpha value is -0.530. The Morgan fingerprint density at radius 2 is 1.67 bits per heavy atom. The highest BCUT2D eigenvalue weighted by Crippen LogP contribution is 2.28. The van der Waals surface area contributed by atoms with Crippen LogP contribution in [0, 0.1) is 5.92 Å². The lowest BCUT2D eigenvalue weighted by molar-refractivity contribution is -0.132. The molecule has 0 atom stereocenters. The van der Waals surface area contributed by atoms with Gasteiger partial charge in [0.1, 0.15) is 0 Å². The minimum atomic E-state index is 0.394. The molecule has 0 unspecified atom stereocenters. The third-order valence-electron chi connectivity index (χ3n) is 3.28. The van der Waals surface area contributed by atoms with Crippen LogP contribution in [0.2, 0.25) is 0 Å². The zero-order valence-electron chi connectivity index (χ0n) is 10.3. The molecule has 2 heteroatoms. The average Bonchev–Trinajstić information content (AvgIpc) is 2.70. The highest BCUT2D eigenvalue weighted by molar-refractivity contribution is 5.76. The Balaban J connectivity index is 2.33. The number of hydrogen-bond donors (Lipinski definition) is 0. The topological polar surface area (TPSA) is 20.3 Å². The predicted molar refractivity (Wildman–Crippen MR) is 63.7 cm³/mol. The van der Waals surface area contributed by atoms with Crippen LogP contribution < -0.4 is 0 Å². The van der Waals surface area contributed by atoms with E-state index in [1.54, 1.807) is 0 Å². The second-order valence-corrected chi connectivity index (χ2v) is 4.74. The number of carbonyl (C=O) groups is 1. The largest absolute Gasteiger partial charge is 0.343 e. The minimum absolute atomic E-state index is 0.394. The smallest absolute Gasteiger partial charge is 0.222 e. The third-order valence-corrected chi connectivity index (χ3v) is 3.28. The Morgan fingerprint density at radius 3 is 2.13 bits per heavy atom. The van der Waals surface area contributed by atoms with Crippen molar-refractivity contribution < 1.29 is 4.79 Å². The van der Waals surface area contributed by atoms with Gasteiger partial charge in [0.2, 0.25) is 5.91 Å². The number of amides is 1. The summed E-state index contributed by atoms with van der Waals surface area (Å²) in [5.74, 6) is 1.08.